The molecule has 0 bridgehead atoms. The van der Waals surface area contributed by atoms with Crippen molar-refractivity contribution in [1.29, 1.82) is 0 Å². The highest BCUT2D eigenvalue weighted by molar-refractivity contribution is 7.15. The maximum Gasteiger partial charge on any atom is 0.259 e. The summed E-state index contributed by atoms with van der Waals surface area (Å²) in [4.78, 5) is 18.6. The van der Waals surface area contributed by atoms with Crippen molar-refractivity contribution in [3.8, 4) is 5.69 Å². The standard InChI is InChI=1S/C16H16N6OS/c1-10-6-7-12-14(8-10)24-16(18-12)19-15(23)11-4-2-3-5-13(11)22-9-17-20-21-22/h2-5,9-10H,6-8H2,1H3,(H,18,19,23)/t10-/m1/s1. The number of para-hydroxylation sites is 1. The van der Waals surface area contributed by atoms with Crippen LogP contribution in [0.25, 0.3) is 5.69 Å². The number of thiazole rings is 1. The van der Waals surface area contributed by atoms with Crippen LogP contribution in [0.5, 0.6) is 0 Å². The summed E-state index contributed by atoms with van der Waals surface area (Å²) in [6.07, 6.45) is 4.66. The predicted octanol–water partition coefficient (Wildman–Crippen LogP) is 2.50. The molecule has 1 aromatic carbocycles. The number of hydrogen-bond acceptors (Lipinski definition) is 6. The molecule has 0 saturated carbocycles. The van der Waals surface area contributed by atoms with Gasteiger partial charge in [0.05, 0.1) is 16.9 Å². The zero-order valence-corrected chi connectivity index (χ0v) is 14.0. The van der Waals surface area contributed by atoms with Crippen LogP contribution >= 0.6 is 11.3 Å². The van der Waals surface area contributed by atoms with Crippen LogP contribution in [0.4, 0.5) is 5.13 Å². The number of aryl methyl sites for hydroxylation is 1. The predicted molar refractivity (Wildman–Crippen MR) is 90.4 cm³/mol. The number of benzene rings is 1. The zero-order valence-electron chi connectivity index (χ0n) is 13.1. The van der Waals surface area contributed by atoms with Gasteiger partial charge in [-0.2, -0.15) is 4.68 Å². The number of carbonyl (C=O) groups is 1. The summed E-state index contributed by atoms with van der Waals surface area (Å²) in [5.74, 6) is 0.474. The number of hydrogen-bond donors (Lipinski definition) is 1. The number of fused-ring (bicyclic) bond motifs is 1. The van der Waals surface area contributed by atoms with Crippen LogP contribution in [-0.4, -0.2) is 31.1 Å². The van der Waals surface area contributed by atoms with Crippen LogP contribution in [-0.2, 0) is 12.8 Å². The Bertz CT molecular complexity index is 873. The normalized spacial score (nSPS) is 16.6. The molecule has 0 unspecified atom stereocenters. The zero-order chi connectivity index (χ0) is 16.5. The fourth-order valence-corrected chi connectivity index (χ4v) is 4.06. The minimum Gasteiger partial charge on any atom is -0.298 e. The molecule has 0 radical (unpaired) electrons. The van der Waals surface area contributed by atoms with Crippen LogP contribution in [0, 0.1) is 5.92 Å². The summed E-state index contributed by atoms with van der Waals surface area (Å²) in [5, 5.41) is 14.7. The number of tetrazole rings is 1. The van der Waals surface area contributed by atoms with Crippen LogP contribution in [0.2, 0.25) is 0 Å². The number of aromatic nitrogens is 5. The van der Waals surface area contributed by atoms with Gasteiger partial charge in [0.25, 0.3) is 5.91 Å². The molecular formula is C16H16N6OS. The van der Waals surface area contributed by atoms with Gasteiger partial charge < -0.3 is 0 Å². The first kappa shape index (κ1) is 14.9. The van der Waals surface area contributed by atoms with E-state index in [0.29, 0.717) is 22.3 Å². The van der Waals surface area contributed by atoms with Gasteiger partial charge in [-0.1, -0.05) is 19.1 Å². The Balaban J connectivity index is 1.60. The van der Waals surface area contributed by atoms with Crippen molar-refractivity contribution < 1.29 is 4.79 Å². The lowest BCUT2D eigenvalue weighted by molar-refractivity contribution is 0.102. The van der Waals surface area contributed by atoms with Crippen molar-refractivity contribution in [3.63, 3.8) is 0 Å². The monoisotopic (exact) mass is 340 g/mol. The van der Waals surface area contributed by atoms with Crippen molar-refractivity contribution in [1.82, 2.24) is 25.2 Å². The lowest BCUT2D eigenvalue weighted by Gasteiger charge is -2.15. The van der Waals surface area contributed by atoms with Crippen molar-refractivity contribution in [2.24, 2.45) is 5.92 Å². The molecule has 2 aromatic heterocycles. The molecular weight excluding hydrogens is 324 g/mol. The largest absolute Gasteiger partial charge is 0.298 e. The minimum absolute atomic E-state index is 0.208. The molecule has 7 nitrogen and oxygen atoms in total. The summed E-state index contributed by atoms with van der Waals surface area (Å²) in [6, 6.07) is 7.22. The molecule has 1 N–H and O–H groups in total. The molecule has 1 aliphatic carbocycles. The van der Waals surface area contributed by atoms with E-state index in [4.69, 9.17) is 0 Å². The average Bonchev–Trinajstić information content (AvgIpc) is 3.23. The molecule has 0 aliphatic heterocycles. The minimum atomic E-state index is -0.208. The van der Waals surface area contributed by atoms with E-state index in [1.807, 2.05) is 12.1 Å². The highest BCUT2D eigenvalue weighted by Gasteiger charge is 2.21. The second kappa shape index (κ2) is 6.12. The van der Waals surface area contributed by atoms with E-state index in [9.17, 15) is 4.79 Å². The van der Waals surface area contributed by atoms with Gasteiger partial charge in [-0.05, 0) is 47.7 Å². The molecule has 0 spiro atoms. The Kier molecular flexibility index (Phi) is 3.81. The van der Waals surface area contributed by atoms with E-state index in [1.54, 1.807) is 23.5 Å². The van der Waals surface area contributed by atoms with E-state index in [0.717, 1.165) is 25.0 Å². The summed E-state index contributed by atoms with van der Waals surface area (Å²) in [5.41, 5.74) is 2.27. The van der Waals surface area contributed by atoms with Crippen LogP contribution in [0.3, 0.4) is 0 Å². The molecule has 8 heteroatoms. The fourth-order valence-electron chi connectivity index (χ4n) is 2.89. The third-order valence-corrected chi connectivity index (χ3v) is 5.19. The molecule has 0 fully saturated rings. The second-order valence-electron chi connectivity index (χ2n) is 5.96. The van der Waals surface area contributed by atoms with Crippen LogP contribution in [0.15, 0.2) is 30.6 Å². The van der Waals surface area contributed by atoms with Gasteiger partial charge >= 0.3 is 0 Å². The van der Waals surface area contributed by atoms with Gasteiger partial charge in [0.15, 0.2) is 5.13 Å². The van der Waals surface area contributed by atoms with E-state index in [2.05, 4.69) is 32.7 Å². The van der Waals surface area contributed by atoms with Crippen molar-refractivity contribution in [2.45, 2.75) is 26.2 Å². The molecule has 3 aromatic rings. The van der Waals surface area contributed by atoms with E-state index in [-0.39, 0.29) is 5.91 Å². The second-order valence-corrected chi connectivity index (χ2v) is 7.05. The van der Waals surface area contributed by atoms with Crippen LogP contribution < -0.4 is 5.32 Å². The number of amides is 1. The summed E-state index contributed by atoms with van der Waals surface area (Å²) in [7, 11) is 0. The van der Waals surface area contributed by atoms with E-state index < -0.39 is 0 Å². The summed E-state index contributed by atoms with van der Waals surface area (Å²) in [6.45, 7) is 2.25. The van der Waals surface area contributed by atoms with Gasteiger partial charge in [-0.3, -0.25) is 10.1 Å². The van der Waals surface area contributed by atoms with Gasteiger partial charge in [-0.25, -0.2) is 4.98 Å². The van der Waals surface area contributed by atoms with Crippen molar-refractivity contribution >= 4 is 22.4 Å². The van der Waals surface area contributed by atoms with Gasteiger partial charge in [0.1, 0.15) is 6.33 Å². The number of carbonyl (C=O) groups excluding carboxylic acids is 1. The van der Waals surface area contributed by atoms with E-state index >= 15 is 0 Å². The summed E-state index contributed by atoms with van der Waals surface area (Å²) >= 11 is 1.58. The van der Waals surface area contributed by atoms with Crippen molar-refractivity contribution in [3.05, 3.63) is 46.7 Å². The van der Waals surface area contributed by atoms with Crippen LogP contribution in [0.1, 0.15) is 34.3 Å². The Hall–Kier alpha value is -2.61. The Morgan fingerprint density at radius 3 is 3.08 bits per heavy atom. The number of anilines is 1. The topological polar surface area (TPSA) is 85.6 Å². The quantitative estimate of drug-likeness (QED) is 0.792. The Labute approximate surface area is 142 Å². The molecule has 1 amide bonds. The molecule has 1 atom stereocenters. The number of rotatable bonds is 3. The maximum absolute atomic E-state index is 12.7. The first-order valence-corrected chi connectivity index (χ1v) is 8.64. The Morgan fingerprint density at radius 1 is 1.38 bits per heavy atom. The first-order valence-electron chi connectivity index (χ1n) is 7.83. The molecule has 24 heavy (non-hydrogen) atoms. The molecule has 0 saturated heterocycles. The average molecular weight is 340 g/mol. The number of nitrogens with zero attached hydrogens (tertiary/aromatic N) is 5. The maximum atomic E-state index is 12.7. The molecule has 1 aliphatic rings. The third kappa shape index (κ3) is 2.80. The highest BCUT2D eigenvalue weighted by atomic mass is 32.1. The summed E-state index contributed by atoms with van der Waals surface area (Å²) < 4.78 is 1.48. The molecule has 4 rings (SSSR count). The van der Waals surface area contributed by atoms with Crippen molar-refractivity contribution in [2.75, 3.05) is 5.32 Å². The Morgan fingerprint density at radius 2 is 2.25 bits per heavy atom. The molecule has 2 heterocycles. The SMILES string of the molecule is C[C@@H]1CCc2nc(NC(=O)c3ccccc3-n3cnnn3)sc2C1. The molecule has 122 valence electrons. The first-order chi connectivity index (χ1) is 11.7. The van der Waals surface area contributed by atoms with Gasteiger partial charge in [-0.15, -0.1) is 16.4 Å². The van der Waals surface area contributed by atoms with E-state index in [1.165, 1.54) is 15.9 Å². The fraction of sp³-hybridized carbons (Fsp3) is 0.312. The highest BCUT2D eigenvalue weighted by Crippen LogP contribution is 2.32. The third-order valence-electron chi connectivity index (χ3n) is 4.15. The van der Waals surface area contributed by atoms with Gasteiger partial charge in [0.2, 0.25) is 0 Å². The smallest absolute Gasteiger partial charge is 0.259 e. The number of nitrogens with one attached hydrogen (secondary N) is 1. The lowest BCUT2D eigenvalue weighted by Crippen LogP contribution is -2.15. The van der Waals surface area contributed by atoms with Gasteiger partial charge in [0, 0.05) is 4.88 Å². The lowest BCUT2D eigenvalue weighted by atomic mass is 9.93.